The highest BCUT2D eigenvalue weighted by molar-refractivity contribution is 7.89. The first-order valence-corrected chi connectivity index (χ1v) is 11.1. The van der Waals surface area contributed by atoms with Crippen LogP contribution in [0, 0.1) is 13.8 Å². The largest absolute Gasteiger partial charge is 0.265 e. The third kappa shape index (κ3) is 3.75. The first kappa shape index (κ1) is 18.9. The standard InChI is InChI=1S/C22H25N3O2S/c1-16-22(17(2)25(24-16)15-18-7-4-3-5-8-18)14-23-28(26,27)21-12-11-19-9-6-10-20(19)13-21/h3-5,7-8,11-13,23H,6,9-10,14-15H2,1-2H3. The molecule has 6 heteroatoms. The van der Waals surface area contributed by atoms with Crippen LogP contribution in [-0.4, -0.2) is 18.2 Å². The van der Waals surface area contributed by atoms with Gasteiger partial charge in [0.1, 0.15) is 0 Å². The number of fused-ring (bicyclic) bond motifs is 1. The predicted molar refractivity (Wildman–Crippen MR) is 110 cm³/mol. The van der Waals surface area contributed by atoms with Crippen molar-refractivity contribution < 1.29 is 8.42 Å². The minimum absolute atomic E-state index is 0.242. The summed E-state index contributed by atoms with van der Waals surface area (Å²) in [5.41, 5.74) is 6.36. The Labute approximate surface area is 166 Å². The number of hydrogen-bond donors (Lipinski definition) is 1. The molecule has 4 rings (SSSR count). The number of rotatable bonds is 6. The molecule has 0 fully saturated rings. The van der Waals surface area contributed by atoms with Crippen molar-refractivity contribution >= 4 is 10.0 Å². The van der Waals surface area contributed by atoms with E-state index < -0.39 is 10.0 Å². The predicted octanol–water partition coefficient (Wildman–Crippen LogP) is 3.52. The molecule has 1 N–H and O–H groups in total. The van der Waals surface area contributed by atoms with Gasteiger partial charge in [0, 0.05) is 17.8 Å². The zero-order valence-corrected chi connectivity index (χ0v) is 17.1. The molecule has 2 aromatic carbocycles. The maximum Gasteiger partial charge on any atom is 0.240 e. The summed E-state index contributed by atoms with van der Waals surface area (Å²) >= 11 is 0. The van der Waals surface area contributed by atoms with E-state index in [2.05, 4.69) is 22.0 Å². The van der Waals surface area contributed by atoms with Gasteiger partial charge in [-0.3, -0.25) is 4.68 Å². The quantitative estimate of drug-likeness (QED) is 0.695. The summed E-state index contributed by atoms with van der Waals surface area (Å²) in [6.07, 6.45) is 3.11. The van der Waals surface area contributed by atoms with E-state index in [0.717, 1.165) is 41.8 Å². The van der Waals surface area contributed by atoms with Crippen LogP contribution >= 0.6 is 0 Å². The molecule has 0 aliphatic heterocycles. The fraction of sp³-hybridized carbons (Fsp3) is 0.318. The van der Waals surface area contributed by atoms with Crippen LogP contribution in [0.15, 0.2) is 53.4 Å². The molecule has 1 aliphatic rings. The highest BCUT2D eigenvalue weighted by atomic mass is 32.2. The molecule has 1 aromatic heterocycles. The number of nitrogens with zero attached hydrogens (tertiary/aromatic N) is 2. The van der Waals surface area contributed by atoms with Gasteiger partial charge in [0.2, 0.25) is 10.0 Å². The summed E-state index contributed by atoms with van der Waals surface area (Å²) in [4.78, 5) is 0.347. The van der Waals surface area contributed by atoms with Crippen LogP contribution in [0.25, 0.3) is 0 Å². The molecule has 0 amide bonds. The van der Waals surface area contributed by atoms with Crippen molar-refractivity contribution in [1.29, 1.82) is 0 Å². The molecule has 0 saturated carbocycles. The summed E-state index contributed by atoms with van der Waals surface area (Å²) in [7, 11) is -3.55. The molecule has 0 unspecified atom stereocenters. The number of nitrogens with one attached hydrogen (secondary N) is 1. The average molecular weight is 396 g/mol. The molecule has 1 aliphatic carbocycles. The lowest BCUT2D eigenvalue weighted by atomic mass is 10.1. The maximum absolute atomic E-state index is 12.8. The molecule has 0 saturated heterocycles. The lowest BCUT2D eigenvalue weighted by Crippen LogP contribution is -2.24. The van der Waals surface area contributed by atoms with Gasteiger partial charge in [-0.1, -0.05) is 36.4 Å². The van der Waals surface area contributed by atoms with Crippen molar-refractivity contribution in [2.45, 2.75) is 51.1 Å². The maximum atomic E-state index is 12.8. The van der Waals surface area contributed by atoms with Crippen LogP contribution in [0.2, 0.25) is 0 Å². The molecule has 0 bridgehead atoms. The third-order valence-corrected chi connectivity index (χ3v) is 6.92. The first-order valence-electron chi connectivity index (χ1n) is 9.62. The van der Waals surface area contributed by atoms with E-state index in [9.17, 15) is 8.42 Å². The molecule has 1 heterocycles. The Morgan fingerprint density at radius 1 is 1.04 bits per heavy atom. The molecular formula is C22H25N3O2S. The van der Waals surface area contributed by atoms with Gasteiger partial charge in [-0.15, -0.1) is 0 Å². The van der Waals surface area contributed by atoms with Gasteiger partial charge < -0.3 is 0 Å². The van der Waals surface area contributed by atoms with Crippen molar-refractivity contribution in [2.24, 2.45) is 0 Å². The van der Waals surface area contributed by atoms with Gasteiger partial charge in [0.05, 0.1) is 17.1 Å². The van der Waals surface area contributed by atoms with Crippen LogP contribution in [0.1, 0.15) is 40.1 Å². The van der Waals surface area contributed by atoms with Crippen molar-refractivity contribution in [3.05, 3.63) is 82.2 Å². The monoisotopic (exact) mass is 395 g/mol. The van der Waals surface area contributed by atoms with Gasteiger partial charge in [-0.25, -0.2) is 13.1 Å². The van der Waals surface area contributed by atoms with Crippen LogP contribution in [0.4, 0.5) is 0 Å². The SMILES string of the molecule is Cc1nn(Cc2ccccc2)c(C)c1CNS(=O)(=O)c1ccc2c(c1)CCC2. The van der Waals surface area contributed by atoms with Crippen molar-refractivity contribution in [3.8, 4) is 0 Å². The summed E-state index contributed by atoms with van der Waals surface area (Å²) in [5, 5.41) is 4.61. The summed E-state index contributed by atoms with van der Waals surface area (Å²) in [6.45, 7) is 4.83. The summed E-state index contributed by atoms with van der Waals surface area (Å²) in [5.74, 6) is 0. The van der Waals surface area contributed by atoms with E-state index in [-0.39, 0.29) is 6.54 Å². The van der Waals surface area contributed by atoms with E-state index in [1.165, 1.54) is 11.1 Å². The average Bonchev–Trinajstić information content (AvgIpc) is 3.25. The summed E-state index contributed by atoms with van der Waals surface area (Å²) in [6, 6.07) is 15.6. The van der Waals surface area contributed by atoms with Crippen molar-refractivity contribution in [1.82, 2.24) is 14.5 Å². The molecule has 0 spiro atoms. The Bertz CT molecular complexity index is 1100. The van der Waals surface area contributed by atoms with Crippen LogP contribution in [-0.2, 0) is 36.0 Å². The lowest BCUT2D eigenvalue weighted by Gasteiger charge is -2.09. The second-order valence-electron chi connectivity index (χ2n) is 7.40. The van der Waals surface area contributed by atoms with Crippen LogP contribution in [0.3, 0.4) is 0 Å². The van der Waals surface area contributed by atoms with E-state index in [4.69, 9.17) is 0 Å². The Hall–Kier alpha value is -2.44. The third-order valence-electron chi connectivity index (χ3n) is 5.53. The zero-order valence-electron chi connectivity index (χ0n) is 16.3. The number of hydrogen-bond acceptors (Lipinski definition) is 3. The Balaban J connectivity index is 1.51. The van der Waals surface area contributed by atoms with E-state index >= 15 is 0 Å². The van der Waals surface area contributed by atoms with Gasteiger partial charge in [0.15, 0.2) is 0 Å². The first-order chi connectivity index (χ1) is 13.4. The Kier molecular flexibility index (Phi) is 5.08. The minimum Gasteiger partial charge on any atom is -0.265 e. The Morgan fingerprint density at radius 2 is 1.79 bits per heavy atom. The summed E-state index contributed by atoms with van der Waals surface area (Å²) < 4.78 is 30.3. The molecule has 0 radical (unpaired) electrons. The van der Waals surface area contributed by atoms with Crippen molar-refractivity contribution in [3.63, 3.8) is 0 Å². The molecule has 146 valence electrons. The number of aryl methyl sites for hydroxylation is 3. The fourth-order valence-electron chi connectivity index (χ4n) is 3.87. The van der Waals surface area contributed by atoms with E-state index in [1.807, 2.05) is 48.9 Å². The fourth-order valence-corrected chi connectivity index (χ4v) is 4.91. The minimum atomic E-state index is -3.55. The van der Waals surface area contributed by atoms with Gasteiger partial charge in [0.25, 0.3) is 0 Å². The topological polar surface area (TPSA) is 64.0 Å². The normalized spacial score (nSPS) is 13.6. The second kappa shape index (κ2) is 7.53. The molecular weight excluding hydrogens is 370 g/mol. The number of aromatic nitrogens is 2. The smallest absolute Gasteiger partial charge is 0.240 e. The molecule has 5 nitrogen and oxygen atoms in total. The number of benzene rings is 2. The van der Waals surface area contributed by atoms with Crippen LogP contribution < -0.4 is 4.72 Å². The lowest BCUT2D eigenvalue weighted by molar-refractivity contribution is 0.580. The zero-order chi connectivity index (χ0) is 19.7. The highest BCUT2D eigenvalue weighted by Gasteiger charge is 2.20. The molecule has 28 heavy (non-hydrogen) atoms. The second-order valence-corrected chi connectivity index (χ2v) is 9.17. The van der Waals surface area contributed by atoms with E-state index in [0.29, 0.717) is 11.4 Å². The molecule has 3 aromatic rings. The van der Waals surface area contributed by atoms with Gasteiger partial charge in [-0.2, -0.15) is 5.10 Å². The van der Waals surface area contributed by atoms with Gasteiger partial charge >= 0.3 is 0 Å². The van der Waals surface area contributed by atoms with Gasteiger partial charge in [-0.05, 0) is 61.9 Å². The highest BCUT2D eigenvalue weighted by Crippen LogP contribution is 2.25. The van der Waals surface area contributed by atoms with E-state index in [1.54, 1.807) is 6.07 Å². The van der Waals surface area contributed by atoms with Crippen LogP contribution in [0.5, 0.6) is 0 Å². The molecule has 0 atom stereocenters. The number of sulfonamides is 1. The van der Waals surface area contributed by atoms with Crippen molar-refractivity contribution in [2.75, 3.05) is 0 Å². The Morgan fingerprint density at radius 3 is 2.57 bits per heavy atom.